The van der Waals surface area contributed by atoms with Crippen molar-refractivity contribution < 1.29 is 5.11 Å². The fourth-order valence-electron chi connectivity index (χ4n) is 4.47. The van der Waals surface area contributed by atoms with Gasteiger partial charge >= 0.3 is 0 Å². The molecular weight excluding hydrogens is 338 g/mol. The van der Waals surface area contributed by atoms with Crippen LogP contribution in [0, 0.1) is 17.2 Å². The van der Waals surface area contributed by atoms with Crippen molar-refractivity contribution in [1.82, 2.24) is 15.1 Å². The van der Waals surface area contributed by atoms with Crippen LogP contribution in [0.3, 0.4) is 0 Å². The van der Waals surface area contributed by atoms with E-state index in [4.69, 9.17) is 5.26 Å². The van der Waals surface area contributed by atoms with Gasteiger partial charge in [0, 0.05) is 49.8 Å². The number of hydrogen-bond acceptors (Lipinski definition) is 5. The number of nitrogens with zero attached hydrogens (tertiary/aromatic N) is 4. The standard InChI is InChI=1S/C21H27N5O/c22-14-16-2-4-19(5-3-16)25-10-6-18(7-11-25)24-20-12-17(13-21(20)27)15-26-9-1-8-23-26/h1-5,8-9,17-18,20-21,24,27H,6-7,10-13,15H2/t17?,20-,21-/m1/s1. The van der Waals surface area contributed by atoms with Crippen molar-refractivity contribution in [2.24, 2.45) is 5.92 Å². The van der Waals surface area contributed by atoms with E-state index in [0.717, 1.165) is 45.3 Å². The van der Waals surface area contributed by atoms with E-state index in [-0.39, 0.29) is 12.1 Å². The highest BCUT2D eigenvalue weighted by Crippen LogP contribution is 2.29. The molecule has 6 nitrogen and oxygen atoms in total. The zero-order chi connectivity index (χ0) is 18.6. The van der Waals surface area contributed by atoms with Crippen molar-refractivity contribution in [3.8, 4) is 6.07 Å². The van der Waals surface area contributed by atoms with Crippen molar-refractivity contribution in [2.45, 2.75) is 50.4 Å². The summed E-state index contributed by atoms with van der Waals surface area (Å²) in [7, 11) is 0. The van der Waals surface area contributed by atoms with Crippen LogP contribution in [0.25, 0.3) is 0 Å². The maximum absolute atomic E-state index is 10.5. The van der Waals surface area contributed by atoms with E-state index in [1.807, 2.05) is 47.4 Å². The molecule has 1 saturated carbocycles. The lowest BCUT2D eigenvalue weighted by Gasteiger charge is -2.35. The average Bonchev–Trinajstić information content (AvgIpc) is 3.33. The van der Waals surface area contributed by atoms with Gasteiger partial charge in [-0.2, -0.15) is 10.4 Å². The summed E-state index contributed by atoms with van der Waals surface area (Å²) in [6.07, 6.45) is 7.55. The maximum atomic E-state index is 10.5. The highest BCUT2D eigenvalue weighted by atomic mass is 16.3. The Morgan fingerprint density at radius 3 is 2.63 bits per heavy atom. The lowest BCUT2D eigenvalue weighted by atomic mass is 10.0. The van der Waals surface area contributed by atoms with Gasteiger partial charge in [0.2, 0.25) is 0 Å². The van der Waals surface area contributed by atoms with E-state index in [1.54, 1.807) is 0 Å². The molecule has 0 radical (unpaired) electrons. The Morgan fingerprint density at radius 1 is 1.19 bits per heavy atom. The number of nitrogens with one attached hydrogen (secondary N) is 1. The Bertz CT molecular complexity index is 759. The molecule has 27 heavy (non-hydrogen) atoms. The van der Waals surface area contributed by atoms with Gasteiger partial charge in [0.25, 0.3) is 0 Å². The molecule has 3 atom stereocenters. The highest BCUT2D eigenvalue weighted by Gasteiger charge is 2.35. The van der Waals surface area contributed by atoms with Crippen LogP contribution in [-0.4, -0.2) is 46.2 Å². The monoisotopic (exact) mass is 365 g/mol. The fraction of sp³-hybridized carbons (Fsp3) is 0.524. The van der Waals surface area contributed by atoms with E-state index in [9.17, 15) is 5.11 Å². The molecule has 1 aliphatic carbocycles. The van der Waals surface area contributed by atoms with Gasteiger partial charge in [-0.3, -0.25) is 4.68 Å². The minimum atomic E-state index is -0.262. The number of anilines is 1. The lowest BCUT2D eigenvalue weighted by molar-refractivity contribution is 0.137. The summed E-state index contributed by atoms with van der Waals surface area (Å²) in [5.74, 6) is 0.483. The summed E-state index contributed by atoms with van der Waals surface area (Å²) in [5.41, 5.74) is 1.89. The first kappa shape index (κ1) is 18.0. The Kier molecular flexibility index (Phi) is 5.42. The average molecular weight is 365 g/mol. The molecule has 0 amide bonds. The van der Waals surface area contributed by atoms with Crippen LogP contribution in [0.15, 0.2) is 42.7 Å². The van der Waals surface area contributed by atoms with E-state index in [2.05, 4.69) is 21.4 Å². The van der Waals surface area contributed by atoms with Crippen LogP contribution in [0.4, 0.5) is 5.69 Å². The molecule has 2 aliphatic rings. The van der Waals surface area contributed by atoms with Gasteiger partial charge in [-0.15, -0.1) is 0 Å². The zero-order valence-corrected chi connectivity index (χ0v) is 15.5. The van der Waals surface area contributed by atoms with Crippen LogP contribution < -0.4 is 10.2 Å². The quantitative estimate of drug-likeness (QED) is 0.849. The number of piperidine rings is 1. The second-order valence-corrected chi connectivity index (χ2v) is 7.83. The van der Waals surface area contributed by atoms with Crippen LogP contribution in [0.2, 0.25) is 0 Å². The van der Waals surface area contributed by atoms with Crippen LogP contribution >= 0.6 is 0 Å². The molecule has 1 aliphatic heterocycles. The molecule has 142 valence electrons. The van der Waals surface area contributed by atoms with Crippen molar-refractivity contribution >= 4 is 5.69 Å². The summed E-state index contributed by atoms with van der Waals surface area (Å²) in [6, 6.07) is 12.6. The molecule has 2 fully saturated rings. The highest BCUT2D eigenvalue weighted by molar-refractivity contribution is 5.50. The third-order valence-electron chi connectivity index (χ3n) is 5.94. The first-order valence-corrected chi connectivity index (χ1v) is 9.88. The van der Waals surface area contributed by atoms with Gasteiger partial charge in [-0.25, -0.2) is 0 Å². The van der Waals surface area contributed by atoms with Crippen LogP contribution in [0.1, 0.15) is 31.2 Å². The van der Waals surface area contributed by atoms with Crippen molar-refractivity contribution in [1.29, 1.82) is 5.26 Å². The molecule has 1 aromatic heterocycles. The van der Waals surface area contributed by atoms with Gasteiger partial charge in [0.05, 0.1) is 17.7 Å². The first-order chi connectivity index (χ1) is 13.2. The largest absolute Gasteiger partial charge is 0.391 e. The minimum Gasteiger partial charge on any atom is -0.391 e. The molecule has 6 heteroatoms. The van der Waals surface area contributed by atoms with Crippen molar-refractivity contribution in [2.75, 3.05) is 18.0 Å². The van der Waals surface area contributed by atoms with E-state index in [1.165, 1.54) is 5.69 Å². The molecule has 1 saturated heterocycles. The third-order valence-corrected chi connectivity index (χ3v) is 5.94. The zero-order valence-electron chi connectivity index (χ0n) is 15.5. The predicted molar refractivity (Wildman–Crippen MR) is 104 cm³/mol. The molecular formula is C21H27N5O. The molecule has 2 aromatic rings. The van der Waals surface area contributed by atoms with Crippen molar-refractivity contribution in [3.05, 3.63) is 48.3 Å². The lowest BCUT2D eigenvalue weighted by Crippen LogP contribution is -2.48. The van der Waals surface area contributed by atoms with E-state index < -0.39 is 0 Å². The third kappa shape index (κ3) is 4.32. The minimum absolute atomic E-state index is 0.192. The molecule has 1 unspecified atom stereocenters. The Morgan fingerprint density at radius 2 is 1.96 bits per heavy atom. The molecule has 1 aromatic carbocycles. The number of aliphatic hydroxyl groups excluding tert-OH is 1. The molecule has 2 heterocycles. The Labute approximate surface area is 160 Å². The van der Waals surface area contributed by atoms with E-state index in [0.29, 0.717) is 17.5 Å². The topological polar surface area (TPSA) is 77.1 Å². The predicted octanol–water partition coefficient (Wildman–Crippen LogP) is 2.15. The number of nitriles is 1. The van der Waals surface area contributed by atoms with Gasteiger partial charge < -0.3 is 15.3 Å². The summed E-state index contributed by atoms with van der Waals surface area (Å²) in [6.45, 7) is 2.89. The normalized spacial score (nSPS) is 26.2. The molecule has 2 N–H and O–H groups in total. The molecule has 0 bridgehead atoms. The second kappa shape index (κ2) is 8.12. The van der Waals surface area contributed by atoms with E-state index >= 15 is 0 Å². The smallest absolute Gasteiger partial charge is 0.0991 e. The summed E-state index contributed by atoms with van der Waals surface area (Å²) in [4.78, 5) is 2.38. The van der Waals surface area contributed by atoms with Gasteiger partial charge in [-0.05, 0) is 61.9 Å². The van der Waals surface area contributed by atoms with Gasteiger partial charge in [-0.1, -0.05) is 0 Å². The number of benzene rings is 1. The Hall–Kier alpha value is -2.36. The number of hydrogen-bond donors (Lipinski definition) is 2. The molecule has 0 spiro atoms. The van der Waals surface area contributed by atoms with Gasteiger partial charge in [0.15, 0.2) is 0 Å². The molecule has 4 rings (SSSR count). The fourth-order valence-corrected chi connectivity index (χ4v) is 4.47. The summed E-state index contributed by atoms with van der Waals surface area (Å²) >= 11 is 0. The summed E-state index contributed by atoms with van der Waals surface area (Å²) in [5, 5.41) is 27.4. The second-order valence-electron chi connectivity index (χ2n) is 7.83. The van der Waals surface area contributed by atoms with Crippen LogP contribution in [0.5, 0.6) is 0 Å². The number of aliphatic hydroxyl groups is 1. The number of aromatic nitrogens is 2. The SMILES string of the molecule is N#Cc1ccc(N2CCC(N[C@@H]3CC(Cn4cccn4)C[C@H]3O)CC2)cc1. The van der Waals surface area contributed by atoms with Crippen LogP contribution in [-0.2, 0) is 6.54 Å². The number of rotatable bonds is 5. The first-order valence-electron chi connectivity index (χ1n) is 9.88. The Balaban J connectivity index is 1.25. The van der Waals surface area contributed by atoms with Crippen molar-refractivity contribution in [3.63, 3.8) is 0 Å². The maximum Gasteiger partial charge on any atom is 0.0991 e. The summed E-state index contributed by atoms with van der Waals surface area (Å²) < 4.78 is 1.97. The van der Waals surface area contributed by atoms with Gasteiger partial charge in [0.1, 0.15) is 0 Å².